The van der Waals surface area contributed by atoms with Crippen LogP contribution in [0.2, 0.25) is 5.02 Å². The number of aromatic nitrogens is 1. The first-order valence-electron chi connectivity index (χ1n) is 13.7. The molecule has 2 aliphatic heterocycles. The van der Waals surface area contributed by atoms with Gasteiger partial charge in [0.25, 0.3) is 11.5 Å². The minimum Gasteiger partial charge on any atom is -0.497 e. The van der Waals surface area contributed by atoms with Gasteiger partial charge in [-0.05, 0) is 62.2 Å². The normalized spacial score (nSPS) is 17.1. The molecule has 10 heteroatoms. The van der Waals surface area contributed by atoms with E-state index in [4.69, 9.17) is 21.1 Å². The van der Waals surface area contributed by atoms with Crippen LogP contribution in [-0.4, -0.2) is 29.7 Å². The fourth-order valence-electron chi connectivity index (χ4n) is 5.47. The number of carbonyl (C=O) groups excluding carboxylic acids is 2. The maximum Gasteiger partial charge on any atom is 0.338 e. The summed E-state index contributed by atoms with van der Waals surface area (Å²) < 4.78 is 12.8. The zero-order valence-corrected chi connectivity index (χ0v) is 25.5. The Kier molecular flexibility index (Phi) is 7.54. The molecule has 1 aromatic heterocycles. The summed E-state index contributed by atoms with van der Waals surface area (Å²) in [5, 5.41) is 0.608. The van der Waals surface area contributed by atoms with Gasteiger partial charge in [0.2, 0.25) is 0 Å². The zero-order chi connectivity index (χ0) is 30.4. The Bertz CT molecular complexity index is 1990. The summed E-state index contributed by atoms with van der Waals surface area (Å²) in [6.07, 6.45) is -0.371. The second-order valence-corrected chi connectivity index (χ2v) is 12.0. The molecule has 0 spiro atoms. The van der Waals surface area contributed by atoms with Gasteiger partial charge in [0.1, 0.15) is 10.3 Å². The average Bonchev–Trinajstić information content (AvgIpc) is 3.45. The van der Waals surface area contributed by atoms with Crippen molar-refractivity contribution < 1.29 is 19.1 Å². The molecular formula is C33H28ClN3O5S. The molecule has 0 saturated carbocycles. The standard InChI is InChI=1S/C33H28ClN3O5S/c1-18(2)42-32(40)26-19(3)35-33-37(28(26)21-8-7-9-23(16-21)41-4)31(39)29(43-33)27-24-10-5-6-11-25(24)36(30(27)38)17-20-12-14-22(34)15-13-20/h5-16,18,28H,17H2,1-4H3/b29-27-/t28-/m0/s1. The number of halogens is 1. The monoisotopic (exact) mass is 613 g/mol. The van der Waals surface area contributed by atoms with Gasteiger partial charge in [-0.25, -0.2) is 9.79 Å². The first-order valence-corrected chi connectivity index (χ1v) is 14.9. The van der Waals surface area contributed by atoms with Gasteiger partial charge in [-0.1, -0.05) is 65.4 Å². The van der Waals surface area contributed by atoms with Crippen LogP contribution in [0.3, 0.4) is 0 Å². The van der Waals surface area contributed by atoms with E-state index in [0.717, 1.165) is 16.9 Å². The van der Waals surface area contributed by atoms with E-state index >= 15 is 0 Å². The molecule has 0 bridgehead atoms. The first kappa shape index (κ1) is 28.6. The average molecular weight is 614 g/mol. The molecule has 0 radical (unpaired) electrons. The fraction of sp³-hybridized carbons (Fsp3) is 0.212. The van der Waals surface area contributed by atoms with E-state index in [-0.39, 0.29) is 22.1 Å². The van der Waals surface area contributed by atoms with E-state index in [2.05, 4.69) is 4.99 Å². The zero-order valence-electron chi connectivity index (χ0n) is 24.0. The minimum atomic E-state index is -0.830. The van der Waals surface area contributed by atoms with Crippen LogP contribution in [-0.2, 0) is 20.9 Å². The third kappa shape index (κ3) is 5.08. The topological polar surface area (TPSA) is 90.2 Å². The lowest BCUT2D eigenvalue weighted by atomic mass is 9.95. The molecule has 3 heterocycles. The van der Waals surface area contributed by atoms with Crippen LogP contribution in [0.5, 0.6) is 5.75 Å². The van der Waals surface area contributed by atoms with Gasteiger partial charge in [0, 0.05) is 10.6 Å². The number of thiazole rings is 1. The van der Waals surface area contributed by atoms with Crippen molar-refractivity contribution in [1.29, 1.82) is 0 Å². The number of benzene rings is 3. The highest BCUT2D eigenvalue weighted by Crippen LogP contribution is 2.37. The Morgan fingerprint density at radius 1 is 1.05 bits per heavy atom. The van der Waals surface area contributed by atoms with Crippen LogP contribution in [0.4, 0.5) is 5.69 Å². The van der Waals surface area contributed by atoms with Gasteiger partial charge in [0.05, 0.1) is 48.3 Å². The molecule has 4 aromatic rings. The van der Waals surface area contributed by atoms with Crippen LogP contribution in [0.25, 0.3) is 5.57 Å². The number of hydrogen-bond acceptors (Lipinski definition) is 7. The molecular weight excluding hydrogens is 586 g/mol. The van der Waals surface area contributed by atoms with Gasteiger partial charge < -0.3 is 14.4 Å². The maximum atomic E-state index is 14.4. The van der Waals surface area contributed by atoms with E-state index in [9.17, 15) is 14.4 Å². The first-order chi connectivity index (χ1) is 20.7. The highest BCUT2D eigenvalue weighted by atomic mass is 35.5. The number of para-hydroxylation sites is 1. The Hall–Kier alpha value is -4.47. The Labute approximate surface area is 256 Å². The highest BCUT2D eigenvalue weighted by Gasteiger charge is 2.37. The molecule has 3 aromatic carbocycles. The largest absolute Gasteiger partial charge is 0.497 e. The molecule has 218 valence electrons. The Morgan fingerprint density at radius 3 is 2.51 bits per heavy atom. The summed E-state index contributed by atoms with van der Waals surface area (Å²) >= 11 is 7.22. The fourth-order valence-corrected chi connectivity index (χ4v) is 6.73. The molecule has 6 rings (SSSR count). The van der Waals surface area contributed by atoms with Crippen LogP contribution in [0, 0.1) is 0 Å². The van der Waals surface area contributed by atoms with Gasteiger partial charge in [-0.15, -0.1) is 0 Å². The molecule has 1 atom stereocenters. The molecule has 0 fully saturated rings. The molecule has 8 nitrogen and oxygen atoms in total. The number of anilines is 1. The predicted octanol–water partition coefficient (Wildman–Crippen LogP) is 4.77. The van der Waals surface area contributed by atoms with Crippen LogP contribution >= 0.6 is 22.9 Å². The number of allylic oxidation sites excluding steroid dienone is 1. The van der Waals surface area contributed by atoms with Crippen LogP contribution < -0.4 is 24.5 Å². The van der Waals surface area contributed by atoms with Gasteiger partial charge in [-0.3, -0.25) is 14.2 Å². The van der Waals surface area contributed by atoms with Crippen LogP contribution in [0.15, 0.2) is 93.9 Å². The lowest BCUT2D eigenvalue weighted by Gasteiger charge is -2.25. The van der Waals surface area contributed by atoms with Crippen LogP contribution in [0.1, 0.15) is 43.5 Å². The number of esters is 1. The number of carbonyl (C=O) groups is 2. The van der Waals surface area contributed by atoms with Crippen molar-refractivity contribution in [1.82, 2.24) is 4.57 Å². The van der Waals surface area contributed by atoms with Crippen molar-refractivity contribution in [2.24, 2.45) is 4.99 Å². The summed E-state index contributed by atoms with van der Waals surface area (Å²) in [5.41, 5.74) is 3.54. The van der Waals surface area contributed by atoms with E-state index in [1.807, 2.05) is 42.5 Å². The third-order valence-electron chi connectivity index (χ3n) is 7.37. The predicted molar refractivity (Wildman–Crippen MR) is 166 cm³/mol. The van der Waals surface area contributed by atoms with Crippen molar-refractivity contribution in [3.05, 3.63) is 125 Å². The van der Waals surface area contributed by atoms with Crippen molar-refractivity contribution in [3.8, 4) is 5.75 Å². The Balaban J connectivity index is 1.57. The SMILES string of the molecule is COc1cccc([C@H]2C(C(=O)OC(C)C)=C(C)N=c3s/c(=C4\C(=O)N(Cc5ccc(Cl)cc5)c5ccccc54)c(=O)n32)c1. The number of ether oxygens (including phenoxy) is 2. The van der Waals surface area contributed by atoms with Gasteiger partial charge >= 0.3 is 5.97 Å². The molecule has 0 saturated heterocycles. The molecule has 2 aliphatic rings. The lowest BCUT2D eigenvalue weighted by molar-refractivity contribution is -0.143. The molecule has 43 heavy (non-hydrogen) atoms. The third-order valence-corrected chi connectivity index (χ3v) is 8.68. The molecule has 0 unspecified atom stereocenters. The number of amides is 1. The number of rotatable bonds is 6. The molecule has 0 aliphatic carbocycles. The number of nitrogens with zero attached hydrogens (tertiary/aromatic N) is 3. The number of methoxy groups -OCH3 is 1. The molecule has 1 amide bonds. The summed E-state index contributed by atoms with van der Waals surface area (Å²) in [5.74, 6) is -0.264. The van der Waals surface area contributed by atoms with Crippen molar-refractivity contribution in [2.45, 2.75) is 39.5 Å². The maximum absolute atomic E-state index is 14.4. The second kappa shape index (κ2) is 11.3. The number of fused-ring (bicyclic) bond motifs is 2. The number of hydrogen-bond donors (Lipinski definition) is 0. The van der Waals surface area contributed by atoms with E-state index in [0.29, 0.717) is 50.2 Å². The van der Waals surface area contributed by atoms with Crippen molar-refractivity contribution >= 4 is 46.1 Å². The molecule has 0 N–H and O–H groups in total. The summed E-state index contributed by atoms with van der Waals surface area (Å²) in [7, 11) is 1.56. The summed E-state index contributed by atoms with van der Waals surface area (Å²) in [4.78, 5) is 48.7. The van der Waals surface area contributed by atoms with E-state index in [1.54, 1.807) is 63.1 Å². The Morgan fingerprint density at radius 2 is 1.79 bits per heavy atom. The van der Waals surface area contributed by atoms with E-state index < -0.39 is 17.6 Å². The van der Waals surface area contributed by atoms with E-state index in [1.165, 1.54) is 4.57 Å². The highest BCUT2D eigenvalue weighted by molar-refractivity contribution is 7.07. The smallest absolute Gasteiger partial charge is 0.338 e. The summed E-state index contributed by atoms with van der Waals surface area (Å²) in [6, 6.07) is 21.1. The summed E-state index contributed by atoms with van der Waals surface area (Å²) in [6.45, 7) is 5.58. The van der Waals surface area contributed by atoms with Gasteiger partial charge in [-0.2, -0.15) is 0 Å². The minimum absolute atomic E-state index is 0.258. The van der Waals surface area contributed by atoms with Crippen molar-refractivity contribution in [2.75, 3.05) is 12.0 Å². The van der Waals surface area contributed by atoms with Crippen molar-refractivity contribution in [3.63, 3.8) is 0 Å². The quantitative estimate of drug-likeness (QED) is 0.292. The second-order valence-electron chi connectivity index (χ2n) is 10.5. The van der Waals surface area contributed by atoms with Gasteiger partial charge in [0.15, 0.2) is 4.80 Å². The lowest BCUT2D eigenvalue weighted by Crippen LogP contribution is -2.41.